The van der Waals surface area contributed by atoms with Crippen LogP contribution in [0.3, 0.4) is 0 Å². The summed E-state index contributed by atoms with van der Waals surface area (Å²) in [7, 11) is 0. The van der Waals surface area contributed by atoms with E-state index in [0.717, 1.165) is 9.50 Å². The second kappa shape index (κ2) is 5.38. The second-order valence-corrected chi connectivity index (χ2v) is 6.16. The van der Waals surface area contributed by atoms with E-state index in [1.54, 1.807) is 18.0 Å². The standard InChI is InChI=1S/C10H13BrClNS/c1-6(2)7(3)14-10-9(11)4-8(12)5-13-10/h4-7H,1-3H3. The summed E-state index contributed by atoms with van der Waals surface area (Å²) in [6.07, 6.45) is 1.68. The Morgan fingerprint density at radius 1 is 1.43 bits per heavy atom. The van der Waals surface area contributed by atoms with Crippen molar-refractivity contribution in [3.05, 3.63) is 21.8 Å². The first-order valence-electron chi connectivity index (χ1n) is 4.48. The van der Waals surface area contributed by atoms with Crippen LogP contribution in [0.2, 0.25) is 5.02 Å². The summed E-state index contributed by atoms with van der Waals surface area (Å²) in [6, 6.07) is 1.88. The van der Waals surface area contributed by atoms with Crippen LogP contribution in [0.15, 0.2) is 21.8 Å². The van der Waals surface area contributed by atoms with Gasteiger partial charge in [-0.3, -0.25) is 0 Å². The minimum Gasteiger partial charge on any atom is -0.247 e. The van der Waals surface area contributed by atoms with Gasteiger partial charge in [-0.25, -0.2) is 4.98 Å². The molecule has 0 bridgehead atoms. The van der Waals surface area contributed by atoms with Crippen LogP contribution in [0, 0.1) is 5.92 Å². The third-order valence-electron chi connectivity index (χ3n) is 2.01. The van der Waals surface area contributed by atoms with E-state index in [4.69, 9.17) is 11.6 Å². The number of hydrogen-bond donors (Lipinski definition) is 0. The van der Waals surface area contributed by atoms with Gasteiger partial charge >= 0.3 is 0 Å². The number of halogens is 2. The Morgan fingerprint density at radius 3 is 2.57 bits per heavy atom. The monoisotopic (exact) mass is 293 g/mol. The molecule has 0 saturated heterocycles. The van der Waals surface area contributed by atoms with Gasteiger partial charge in [0.05, 0.1) is 9.50 Å². The van der Waals surface area contributed by atoms with E-state index in [1.165, 1.54) is 0 Å². The van der Waals surface area contributed by atoms with Crippen molar-refractivity contribution in [2.24, 2.45) is 5.92 Å². The molecular weight excluding hydrogens is 282 g/mol. The van der Waals surface area contributed by atoms with E-state index in [2.05, 4.69) is 41.7 Å². The zero-order valence-electron chi connectivity index (χ0n) is 8.42. The first-order valence-corrected chi connectivity index (χ1v) is 6.53. The highest BCUT2D eigenvalue weighted by molar-refractivity contribution is 9.10. The Balaban J connectivity index is 2.77. The van der Waals surface area contributed by atoms with Crippen molar-refractivity contribution in [2.45, 2.75) is 31.0 Å². The summed E-state index contributed by atoms with van der Waals surface area (Å²) in [5.41, 5.74) is 0. The molecular formula is C10H13BrClNS. The van der Waals surface area contributed by atoms with Crippen molar-refractivity contribution in [3.8, 4) is 0 Å². The van der Waals surface area contributed by atoms with Crippen LogP contribution >= 0.6 is 39.3 Å². The van der Waals surface area contributed by atoms with Crippen LogP contribution in [0.4, 0.5) is 0 Å². The molecule has 0 aliphatic heterocycles. The van der Waals surface area contributed by atoms with Crippen molar-refractivity contribution in [3.63, 3.8) is 0 Å². The fourth-order valence-electron chi connectivity index (χ4n) is 0.801. The van der Waals surface area contributed by atoms with E-state index in [0.29, 0.717) is 16.2 Å². The average Bonchev–Trinajstić information content (AvgIpc) is 2.09. The molecule has 1 heterocycles. The number of thioether (sulfide) groups is 1. The Kier molecular flexibility index (Phi) is 4.74. The van der Waals surface area contributed by atoms with Crippen molar-refractivity contribution < 1.29 is 0 Å². The Hall–Kier alpha value is 0.270. The molecule has 0 aliphatic carbocycles. The molecule has 0 aromatic carbocycles. The van der Waals surface area contributed by atoms with Crippen molar-refractivity contribution in [1.82, 2.24) is 4.98 Å². The molecule has 0 saturated carbocycles. The molecule has 1 nitrogen and oxygen atoms in total. The van der Waals surface area contributed by atoms with Gasteiger partial charge in [-0.05, 0) is 27.9 Å². The van der Waals surface area contributed by atoms with Gasteiger partial charge in [0, 0.05) is 11.4 Å². The average molecular weight is 295 g/mol. The third-order valence-corrected chi connectivity index (χ3v) is 4.55. The normalized spacial score (nSPS) is 13.3. The van der Waals surface area contributed by atoms with Crippen LogP contribution in [-0.4, -0.2) is 10.2 Å². The molecule has 78 valence electrons. The molecule has 1 atom stereocenters. The summed E-state index contributed by atoms with van der Waals surface area (Å²) in [6.45, 7) is 6.63. The lowest BCUT2D eigenvalue weighted by Gasteiger charge is -2.14. The van der Waals surface area contributed by atoms with Gasteiger partial charge in [-0.2, -0.15) is 0 Å². The van der Waals surface area contributed by atoms with Crippen LogP contribution in [0.1, 0.15) is 20.8 Å². The number of rotatable bonds is 3. The predicted octanol–water partition coefficient (Wildman–Crippen LogP) is 4.63. The quantitative estimate of drug-likeness (QED) is 0.754. The van der Waals surface area contributed by atoms with Gasteiger partial charge in [0.2, 0.25) is 0 Å². The Labute approximate surface area is 103 Å². The topological polar surface area (TPSA) is 12.9 Å². The maximum atomic E-state index is 5.81. The molecule has 0 spiro atoms. The molecule has 1 aromatic rings. The summed E-state index contributed by atoms with van der Waals surface area (Å²) >= 11 is 11.0. The van der Waals surface area contributed by atoms with Gasteiger partial charge in [0.15, 0.2) is 0 Å². The van der Waals surface area contributed by atoms with E-state index < -0.39 is 0 Å². The highest BCUT2D eigenvalue weighted by atomic mass is 79.9. The molecule has 4 heteroatoms. The Bertz CT molecular complexity index is 317. The number of hydrogen-bond acceptors (Lipinski definition) is 2. The van der Waals surface area contributed by atoms with E-state index >= 15 is 0 Å². The van der Waals surface area contributed by atoms with Gasteiger partial charge in [0.1, 0.15) is 5.03 Å². The van der Waals surface area contributed by atoms with Crippen molar-refractivity contribution in [2.75, 3.05) is 0 Å². The molecule has 0 amide bonds. The second-order valence-electron chi connectivity index (χ2n) is 3.51. The highest BCUT2D eigenvalue weighted by Crippen LogP contribution is 2.32. The molecule has 0 fully saturated rings. The SMILES string of the molecule is CC(C)C(C)Sc1ncc(Cl)cc1Br. The minimum absolute atomic E-state index is 0.556. The fraction of sp³-hybridized carbons (Fsp3) is 0.500. The van der Waals surface area contributed by atoms with Crippen LogP contribution < -0.4 is 0 Å². The number of pyridine rings is 1. The lowest BCUT2D eigenvalue weighted by Crippen LogP contribution is -2.05. The zero-order valence-corrected chi connectivity index (χ0v) is 11.6. The third kappa shape index (κ3) is 3.44. The van der Waals surface area contributed by atoms with Gasteiger partial charge in [-0.1, -0.05) is 32.4 Å². The summed E-state index contributed by atoms with van der Waals surface area (Å²) in [4.78, 5) is 4.28. The molecule has 0 radical (unpaired) electrons. The van der Waals surface area contributed by atoms with Crippen LogP contribution in [0.5, 0.6) is 0 Å². The first kappa shape index (κ1) is 12.3. The van der Waals surface area contributed by atoms with Gasteiger partial charge in [-0.15, -0.1) is 11.8 Å². The summed E-state index contributed by atoms with van der Waals surface area (Å²) in [5, 5.41) is 2.23. The first-order chi connectivity index (χ1) is 6.50. The molecule has 1 rings (SSSR count). The summed E-state index contributed by atoms with van der Waals surface area (Å²) < 4.78 is 0.975. The molecule has 0 aliphatic rings. The van der Waals surface area contributed by atoms with Crippen molar-refractivity contribution >= 4 is 39.3 Å². The van der Waals surface area contributed by atoms with Crippen LogP contribution in [0.25, 0.3) is 0 Å². The largest absolute Gasteiger partial charge is 0.247 e. The Morgan fingerprint density at radius 2 is 2.07 bits per heavy atom. The molecule has 1 aromatic heterocycles. The maximum absolute atomic E-state index is 5.81. The van der Waals surface area contributed by atoms with E-state index in [9.17, 15) is 0 Å². The number of aromatic nitrogens is 1. The number of nitrogens with zero attached hydrogens (tertiary/aromatic N) is 1. The minimum atomic E-state index is 0.556. The van der Waals surface area contributed by atoms with E-state index in [1.807, 2.05) is 6.07 Å². The molecule has 14 heavy (non-hydrogen) atoms. The lowest BCUT2D eigenvalue weighted by atomic mass is 10.2. The summed E-state index contributed by atoms with van der Waals surface area (Å²) in [5.74, 6) is 0.643. The van der Waals surface area contributed by atoms with Crippen molar-refractivity contribution in [1.29, 1.82) is 0 Å². The predicted molar refractivity (Wildman–Crippen MR) is 67.1 cm³/mol. The highest BCUT2D eigenvalue weighted by Gasteiger charge is 2.12. The van der Waals surface area contributed by atoms with Gasteiger partial charge < -0.3 is 0 Å². The molecule has 0 N–H and O–H groups in total. The maximum Gasteiger partial charge on any atom is 0.111 e. The van der Waals surface area contributed by atoms with E-state index in [-0.39, 0.29) is 0 Å². The van der Waals surface area contributed by atoms with Crippen LogP contribution in [-0.2, 0) is 0 Å². The lowest BCUT2D eigenvalue weighted by molar-refractivity contribution is 0.641. The smallest absolute Gasteiger partial charge is 0.111 e. The molecule has 1 unspecified atom stereocenters. The fourth-order valence-corrected chi connectivity index (χ4v) is 2.63. The zero-order chi connectivity index (χ0) is 10.7. The van der Waals surface area contributed by atoms with Gasteiger partial charge in [0.25, 0.3) is 0 Å².